The Balaban J connectivity index is 1.10. The molecule has 2 heteroatoms. The molecule has 0 amide bonds. The molecule has 0 radical (unpaired) electrons. The second-order valence-corrected chi connectivity index (χ2v) is 15.8. The Morgan fingerprint density at radius 2 is 1.29 bits per heavy atom. The minimum absolute atomic E-state index is 0.140. The molecule has 6 aromatic carbocycles. The van der Waals surface area contributed by atoms with Gasteiger partial charge in [0.2, 0.25) is 0 Å². The highest BCUT2D eigenvalue weighted by Crippen LogP contribution is 2.83. The second kappa shape index (κ2) is 9.33. The van der Waals surface area contributed by atoms with Gasteiger partial charge in [0.1, 0.15) is 11.2 Å². The number of para-hydroxylation sites is 1. The molecule has 4 saturated carbocycles. The van der Waals surface area contributed by atoms with Gasteiger partial charge in [-0.1, -0.05) is 97.1 Å². The Bertz CT molecular complexity index is 2470. The summed E-state index contributed by atoms with van der Waals surface area (Å²) in [5.41, 5.74) is 14.8. The van der Waals surface area contributed by atoms with E-state index in [0.717, 1.165) is 51.3 Å². The van der Waals surface area contributed by atoms with Gasteiger partial charge in [0.25, 0.3) is 0 Å². The van der Waals surface area contributed by atoms with Crippen LogP contribution in [0.15, 0.2) is 144 Å². The number of hydrogen-bond acceptors (Lipinski definition) is 2. The Labute approximate surface area is 287 Å². The molecule has 2 spiro atoms. The van der Waals surface area contributed by atoms with E-state index in [-0.39, 0.29) is 5.41 Å². The summed E-state index contributed by atoms with van der Waals surface area (Å²) in [5.74, 6) is 3.41. The fourth-order valence-corrected chi connectivity index (χ4v) is 12.4. The summed E-state index contributed by atoms with van der Waals surface area (Å²) < 4.78 is 6.31. The smallest absolute Gasteiger partial charge is 0.135 e. The van der Waals surface area contributed by atoms with Crippen molar-refractivity contribution in [3.05, 3.63) is 151 Å². The van der Waals surface area contributed by atoms with Gasteiger partial charge in [-0.2, -0.15) is 0 Å². The molecule has 2 nitrogen and oxygen atoms in total. The van der Waals surface area contributed by atoms with E-state index in [2.05, 4.69) is 144 Å². The summed E-state index contributed by atoms with van der Waals surface area (Å²) in [7, 11) is 0. The molecule has 49 heavy (non-hydrogen) atoms. The quantitative estimate of drug-likeness (QED) is 0.192. The number of anilines is 3. The van der Waals surface area contributed by atoms with Crippen LogP contribution in [0.25, 0.3) is 44.2 Å². The number of furan rings is 1. The Hall–Kier alpha value is -5.08. The highest BCUT2D eigenvalue weighted by atomic mass is 16.3. The van der Waals surface area contributed by atoms with Gasteiger partial charge in [0.15, 0.2) is 0 Å². The van der Waals surface area contributed by atoms with Crippen LogP contribution in [0.3, 0.4) is 0 Å². The van der Waals surface area contributed by atoms with Crippen molar-refractivity contribution < 1.29 is 4.42 Å². The van der Waals surface area contributed by atoms with Gasteiger partial charge in [-0.15, -0.1) is 0 Å². The third-order valence-corrected chi connectivity index (χ3v) is 14.0. The van der Waals surface area contributed by atoms with Crippen molar-refractivity contribution in [2.24, 2.45) is 29.1 Å². The fourth-order valence-electron chi connectivity index (χ4n) is 12.4. The van der Waals surface area contributed by atoms with Gasteiger partial charge in [0, 0.05) is 33.1 Å². The molecule has 236 valence electrons. The molecular weight excluding hydrogens is 595 g/mol. The summed E-state index contributed by atoms with van der Waals surface area (Å²) in [6.45, 7) is 0. The van der Waals surface area contributed by atoms with Crippen LogP contribution in [0.4, 0.5) is 17.1 Å². The first kappa shape index (κ1) is 26.8. The lowest BCUT2D eigenvalue weighted by Crippen LogP contribution is -2.50. The van der Waals surface area contributed by atoms with Crippen molar-refractivity contribution in [3.8, 4) is 22.3 Å². The van der Waals surface area contributed by atoms with Gasteiger partial charge < -0.3 is 9.32 Å². The molecule has 5 aliphatic carbocycles. The second-order valence-electron chi connectivity index (χ2n) is 15.8. The van der Waals surface area contributed by atoms with E-state index < -0.39 is 0 Å². The van der Waals surface area contributed by atoms with E-state index in [1.54, 1.807) is 11.1 Å². The topological polar surface area (TPSA) is 16.4 Å². The first-order chi connectivity index (χ1) is 24.2. The number of rotatable bonds is 4. The van der Waals surface area contributed by atoms with Gasteiger partial charge in [-0.3, -0.25) is 0 Å². The van der Waals surface area contributed by atoms with E-state index in [0.29, 0.717) is 5.41 Å². The van der Waals surface area contributed by atoms with Crippen LogP contribution >= 0.6 is 0 Å². The average Bonchev–Trinajstić information content (AvgIpc) is 3.78. The zero-order valence-electron chi connectivity index (χ0n) is 27.5. The average molecular weight is 632 g/mol. The predicted octanol–water partition coefficient (Wildman–Crippen LogP) is 12.4. The van der Waals surface area contributed by atoms with Crippen molar-refractivity contribution in [2.45, 2.75) is 37.5 Å². The molecule has 1 aromatic heterocycles. The Morgan fingerprint density at radius 1 is 0.551 bits per heavy atom. The number of hydrogen-bond donors (Lipinski definition) is 0. The molecule has 0 aliphatic heterocycles. The molecule has 12 rings (SSSR count). The molecular formula is C47H37NO. The standard InChI is InChI=1S/C47H37NO/c1-2-9-30(10-3-1)31-17-19-34(20-18-31)48(35-21-22-43-38(26-35)36-11-5-7-16-42(36)49-43)41-15-8-14-40-45(41)37-12-4-6-13-39(37)47(40)33-24-29-23-32-25-44(47)46(32,27-29)28-33/h1-22,26,29,32-33,44H,23-25,27-28H2. The summed E-state index contributed by atoms with van der Waals surface area (Å²) in [4.78, 5) is 2.53. The lowest BCUT2D eigenvalue weighted by atomic mass is 9.49. The molecule has 6 atom stereocenters. The monoisotopic (exact) mass is 631 g/mol. The molecule has 0 N–H and O–H groups in total. The third kappa shape index (κ3) is 3.28. The maximum absolute atomic E-state index is 6.31. The molecule has 4 fully saturated rings. The number of nitrogens with zero attached hydrogens (tertiary/aromatic N) is 1. The van der Waals surface area contributed by atoms with Crippen molar-refractivity contribution in [2.75, 3.05) is 4.90 Å². The summed E-state index contributed by atoms with van der Waals surface area (Å²) in [6, 6.07) is 51.9. The van der Waals surface area contributed by atoms with E-state index in [9.17, 15) is 0 Å². The SMILES string of the molecule is c1ccc(-c2ccc(N(c3ccc4oc5ccccc5c4c3)c3cccc4c3-c3ccccc3C43C4CC5CC6CC3C6(C5)C4)cc2)cc1. The highest BCUT2D eigenvalue weighted by molar-refractivity contribution is 6.07. The van der Waals surface area contributed by atoms with Crippen molar-refractivity contribution in [1.82, 2.24) is 0 Å². The van der Waals surface area contributed by atoms with Crippen LogP contribution in [0, 0.1) is 29.1 Å². The van der Waals surface area contributed by atoms with Crippen LogP contribution in [0.5, 0.6) is 0 Å². The van der Waals surface area contributed by atoms with Crippen molar-refractivity contribution in [3.63, 3.8) is 0 Å². The zero-order valence-corrected chi connectivity index (χ0v) is 27.5. The largest absolute Gasteiger partial charge is 0.456 e. The summed E-state index contributed by atoms with van der Waals surface area (Å²) in [5, 5.41) is 2.32. The van der Waals surface area contributed by atoms with Crippen LogP contribution in [0.1, 0.15) is 43.2 Å². The van der Waals surface area contributed by atoms with Crippen LogP contribution < -0.4 is 4.90 Å². The van der Waals surface area contributed by atoms with Crippen LogP contribution in [-0.2, 0) is 5.41 Å². The van der Waals surface area contributed by atoms with Crippen LogP contribution in [-0.4, -0.2) is 0 Å². The molecule has 3 bridgehead atoms. The van der Waals surface area contributed by atoms with E-state index >= 15 is 0 Å². The fraction of sp³-hybridized carbons (Fsp3) is 0.234. The van der Waals surface area contributed by atoms with Crippen molar-refractivity contribution >= 4 is 39.0 Å². The molecule has 1 heterocycles. The lowest BCUT2D eigenvalue weighted by molar-refractivity contribution is -0.0193. The maximum atomic E-state index is 6.31. The Morgan fingerprint density at radius 3 is 2.20 bits per heavy atom. The van der Waals surface area contributed by atoms with Crippen LogP contribution in [0.2, 0.25) is 0 Å². The minimum atomic E-state index is 0.140. The first-order valence-electron chi connectivity index (χ1n) is 18.3. The Kier molecular flexibility index (Phi) is 5.11. The highest BCUT2D eigenvalue weighted by Gasteiger charge is 2.77. The maximum Gasteiger partial charge on any atom is 0.135 e. The normalized spacial score (nSPS) is 28.2. The summed E-state index contributed by atoms with van der Waals surface area (Å²) >= 11 is 0. The first-order valence-corrected chi connectivity index (χ1v) is 18.3. The zero-order chi connectivity index (χ0) is 31.9. The molecule has 5 aliphatic rings. The van der Waals surface area contributed by atoms with Gasteiger partial charge in [0.05, 0.1) is 5.69 Å². The summed E-state index contributed by atoms with van der Waals surface area (Å²) in [6.07, 6.45) is 7.24. The van der Waals surface area contributed by atoms with Gasteiger partial charge >= 0.3 is 0 Å². The molecule has 0 saturated heterocycles. The van der Waals surface area contributed by atoms with Crippen molar-refractivity contribution in [1.29, 1.82) is 0 Å². The van der Waals surface area contributed by atoms with Gasteiger partial charge in [-0.05, 0) is 131 Å². The lowest BCUT2D eigenvalue weighted by Gasteiger charge is -2.54. The number of fused-ring (bicyclic) bond motifs is 12. The molecule has 6 unspecified atom stereocenters. The van der Waals surface area contributed by atoms with Gasteiger partial charge in [-0.25, -0.2) is 0 Å². The number of benzene rings is 6. The van der Waals surface area contributed by atoms with E-state index in [1.807, 2.05) is 0 Å². The van der Waals surface area contributed by atoms with E-state index in [4.69, 9.17) is 4.42 Å². The predicted molar refractivity (Wildman–Crippen MR) is 200 cm³/mol. The molecule has 7 aromatic rings. The van der Waals surface area contributed by atoms with E-state index in [1.165, 1.54) is 65.7 Å². The third-order valence-electron chi connectivity index (χ3n) is 14.0. The minimum Gasteiger partial charge on any atom is -0.456 e.